The highest BCUT2D eigenvalue weighted by molar-refractivity contribution is 5.93. The topological polar surface area (TPSA) is 68.5 Å². The van der Waals surface area contributed by atoms with Gasteiger partial charge in [-0.2, -0.15) is 4.98 Å². The van der Waals surface area contributed by atoms with E-state index in [-0.39, 0.29) is 11.9 Å². The summed E-state index contributed by atoms with van der Waals surface area (Å²) in [6.45, 7) is 3.42. The molecule has 0 aromatic carbocycles. The summed E-state index contributed by atoms with van der Waals surface area (Å²) in [4.78, 5) is 18.8. The zero-order chi connectivity index (χ0) is 13.9. The van der Waals surface area contributed by atoms with Crippen LogP contribution >= 0.6 is 0 Å². The molecule has 1 unspecified atom stereocenters. The normalized spacial score (nSPS) is 22.6. The molecule has 1 atom stereocenters. The second-order valence-corrected chi connectivity index (χ2v) is 5.17. The quantitative estimate of drug-likeness (QED) is 0.845. The lowest BCUT2D eigenvalue weighted by Crippen LogP contribution is -2.33. The molecule has 2 aliphatic rings. The maximum atomic E-state index is 12.6. The van der Waals surface area contributed by atoms with Gasteiger partial charge in [-0.05, 0) is 25.7 Å². The molecule has 3 heterocycles. The monoisotopic (exact) mass is 277 g/mol. The van der Waals surface area contributed by atoms with Crippen molar-refractivity contribution < 1.29 is 14.1 Å². The Bertz CT molecular complexity index is 523. The first-order chi connectivity index (χ1) is 9.79. The molecule has 1 saturated heterocycles. The Hall–Kier alpha value is -1.85. The molecule has 0 aliphatic carbocycles. The summed E-state index contributed by atoms with van der Waals surface area (Å²) in [6, 6.07) is -0.0608. The first kappa shape index (κ1) is 13.1. The molecule has 1 amide bonds. The number of hydrogen-bond donors (Lipinski definition) is 0. The van der Waals surface area contributed by atoms with Gasteiger partial charge in [0.25, 0.3) is 5.91 Å². The Morgan fingerprint density at radius 1 is 1.50 bits per heavy atom. The second-order valence-electron chi connectivity index (χ2n) is 5.17. The molecule has 0 spiro atoms. The SMILES string of the molecule is CCc1nc(C2CCCN2C(=O)C2=COCCC2)no1. The van der Waals surface area contributed by atoms with E-state index < -0.39 is 0 Å². The smallest absolute Gasteiger partial charge is 0.253 e. The van der Waals surface area contributed by atoms with Crippen LogP contribution in [-0.4, -0.2) is 34.1 Å². The zero-order valence-corrected chi connectivity index (χ0v) is 11.7. The number of nitrogens with zero attached hydrogens (tertiary/aromatic N) is 3. The van der Waals surface area contributed by atoms with Crippen LogP contribution < -0.4 is 0 Å². The van der Waals surface area contributed by atoms with Gasteiger partial charge in [-0.25, -0.2) is 0 Å². The minimum atomic E-state index is -0.0608. The predicted molar refractivity (Wildman–Crippen MR) is 70.6 cm³/mol. The van der Waals surface area contributed by atoms with E-state index in [1.54, 1.807) is 6.26 Å². The number of aromatic nitrogens is 2. The van der Waals surface area contributed by atoms with E-state index in [0.29, 0.717) is 24.7 Å². The molecule has 108 valence electrons. The van der Waals surface area contributed by atoms with Crippen molar-refractivity contribution in [2.75, 3.05) is 13.2 Å². The van der Waals surface area contributed by atoms with E-state index in [0.717, 1.165) is 37.8 Å². The van der Waals surface area contributed by atoms with Gasteiger partial charge in [0.2, 0.25) is 5.89 Å². The van der Waals surface area contributed by atoms with Crippen LogP contribution in [0.25, 0.3) is 0 Å². The number of hydrogen-bond acceptors (Lipinski definition) is 5. The molecule has 2 aliphatic heterocycles. The van der Waals surface area contributed by atoms with Crippen LogP contribution in [0.3, 0.4) is 0 Å². The van der Waals surface area contributed by atoms with Gasteiger partial charge in [0.05, 0.1) is 24.5 Å². The third kappa shape index (κ3) is 2.42. The largest absolute Gasteiger partial charge is 0.501 e. The first-order valence-electron chi connectivity index (χ1n) is 7.23. The second kappa shape index (κ2) is 5.64. The summed E-state index contributed by atoms with van der Waals surface area (Å²) in [5, 5.41) is 4.02. The summed E-state index contributed by atoms with van der Waals surface area (Å²) in [6.07, 6.45) is 5.87. The van der Waals surface area contributed by atoms with E-state index in [2.05, 4.69) is 10.1 Å². The molecular weight excluding hydrogens is 258 g/mol. The molecule has 1 aromatic rings. The van der Waals surface area contributed by atoms with E-state index in [4.69, 9.17) is 9.26 Å². The molecular formula is C14H19N3O3. The summed E-state index contributed by atoms with van der Waals surface area (Å²) in [5.74, 6) is 1.31. The highest BCUT2D eigenvalue weighted by Crippen LogP contribution is 2.32. The van der Waals surface area contributed by atoms with E-state index in [1.165, 1.54) is 0 Å². The molecule has 1 fully saturated rings. The van der Waals surface area contributed by atoms with Gasteiger partial charge in [0.1, 0.15) is 0 Å². The fourth-order valence-corrected chi connectivity index (χ4v) is 2.73. The number of amides is 1. The summed E-state index contributed by atoms with van der Waals surface area (Å²) in [5.41, 5.74) is 0.752. The third-order valence-electron chi connectivity index (χ3n) is 3.81. The summed E-state index contributed by atoms with van der Waals surface area (Å²) in [7, 11) is 0. The van der Waals surface area contributed by atoms with Gasteiger partial charge in [-0.3, -0.25) is 4.79 Å². The summed E-state index contributed by atoms with van der Waals surface area (Å²) < 4.78 is 10.4. The average Bonchev–Trinajstić information content (AvgIpc) is 3.15. The number of rotatable bonds is 3. The standard InChI is InChI=1S/C14H19N3O3/c1-2-12-15-13(16-20-12)11-6-3-7-17(11)14(18)10-5-4-8-19-9-10/h9,11H,2-8H2,1H3. The van der Waals surface area contributed by atoms with Crippen LogP contribution in [0.2, 0.25) is 0 Å². The molecule has 20 heavy (non-hydrogen) atoms. The van der Waals surface area contributed by atoms with Gasteiger partial charge < -0.3 is 14.2 Å². The van der Waals surface area contributed by atoms with Crippen molar-refractivity contribution >= 4 is 5.91 Å². The van der Waals surface area contributed by atoms with E-state index in [1.807, 2.05) is 11.8 Å². The number of ether oxygens (including phenoxy) is 1. The zero-order valence-electron chi connectivity index (χ0n) is 11.7. The highest BCUT2D eigenvalue weighted by atomic mass is 16.5. The van der Waals surface area contributed by atoms with Crippen molar-refractivity contribution in [2.45, 2.75) is 45.1 Å². The van der Waals surface area contributed by atoms with Crippen molar-refractivity contribution in [3.05, 3.63) is 23.6 Å². The molecule has 6 nitrogen and oxygen atoms in total. The van der Waals surface area contributed by atoms with E-state index >= 15 is 0 Å². The third-order valence-corrected chi connectivity index (χ3v) is 3.81. The molecule has 0 bridgehead atoms. The lowest BCUT2D eigenvalue weighted by Gasteiger charge is -2.24. The maximum absolute atomic E-state index is 12.6. The van der Waals surface area contributed by atoms with Gasteiger partial charge in [0.15, 0.2) is 5.82 Å². The molecule has 0 saturated carbocycles. The molecule has 3 rings (SSSR count). The van der Waals surface area contributed by atoms with Crippen LogP contribution in [-0.2, 0) is 16.0 Å². The molecule has 0 N–H and O–H groups in total. The predicted octanol–water partition coefficient (Wildman–Crippen LogP) is 1.99. The molecule has 0 radical (unpaired) electrons. The van der Waals surface area contributed by atoms with E-state index in [9.17, 15) is 4.79 Å². The Labute approximate surface area is 117 Å². The number of carbonyl (C=O) groups is 1. The van der Waals surface area contributed by atoms with Crippen LogP contribution in [0.5, 0.6) is 0 Å². The van der Waals surface area contributed by atoms with Crippen molar-refractivity contribution in [3.8, 4) is 0 Å². The van der Waals surface area contributed by atoms with Crippen molar-refractivity contribution in [2.24, 2.45) is 0 Å². The van der Waals surface area contributed by atoms with Gasteiger partial charge in [-0.1, -0.05) is 12.1 Å². The number of carbonyl (C=O) groups excluding carboxylic acids is 1. The fourth-order valence-electron chi connectivity index (χ4n) is 2.73. The Morgan fingerprint density at radius 2 is 2.40 bits per heavy atom. The van der Waals surface area contributed by atoms with Gasteiger partial charge in [-0.15, -0.1) is 0 Å². The highest BCUT2D eigenvalue weighted by Gasteiger charge is 2.34. The number of likely N-dealkylation sites (tertiary alicyclic amines) is 1. The first-order valence-corrected chi connectivity index (χ1v) is 7.23. The Balaban J connectivity index is 1.78. The lowest BCUT2D eigenvalue weighted by molar-refractivity contribution is -0.128. The minimum Gasteiger partial charge on any atom is -0.501 e. The number of aryl methyl sites for hydroxylation is 1. The van der Waals surface area contributed by atoms with Gasteiger partial charge in [0, 0.05) is 13.0 Å². The van der Waals surface area contributed by atoms with Crippen molar-refractivity contribution in [1.29, 1.82) is 0 Å². The van der Waals surface area contributed by atoms with Crippen molar-refractivity contribution in [1.82, 2.24) is 15.0 Å². The Kier molecular flexibility index (Phi) is 3.71. The average molecular weight is 277 g/mol. The molecule has 6 heteroatoms. The maximum Gasteiger partial charge on any atom is 0.253 e. The van der Waals surface area contributed by atoms with Crippen LogP contribution in [0.4, 0.5) is 0 Å². The van der Waals surface area contributed by atoms with Crippen LogP contribution in [0, 0.1) is 0 Å². The lowest BCUT2D eigenvalue weighted by atomic mass is 10.1. The fraction of sp³-hybridized carbons (Fsp3) is 0.643. The molecule has 1 aromatic heterocycles. The van der Waals surface area contributed by atoms with Crippen LogP contribution in [0.15, 0.2) is 16.4 Å². The van der Waals surface area contributed by atoms with Crippen molar-refractivity contribution in [3.63, 3.8) is 0 Å². The summed E-state index contributed by atoms with van der Waals surface area (Å²) >= 11 is 0. The van der Waals surface area contributed by atoms with Crippen LogP contribution in [0.1, 0.15) is 50.4 Å². The Morgan fingerprint density at radius 3 is 3.10 bits per heavy atom. The van der Waals surface area contributed by atoms with Gasteiger partial charge >= 0.3 is 0 Å². The minimum absolute atomic E-state index is 0.0510.